The van der Waals surface area contributed by atoms with Crippen molar-refractivity contribution >= 4 is 38.8 Å². The van der Waals surface area contributed by atoms with Crippen molar-refractivity contribution < 1.29 is 5.11 Å². The summed E-state index contributed by atoms with van der Waals surface area (Å²) in [5, 5.41) is 13.3. The molecule has 6 heteroatoms. The number of thiazole rings is 1. The molecule has 123 valence electrons. The van der Waals surface area contributed by atoms with Crippen LogP contribution in [0.3, 0.4) is 0 Å². The number of hydrogen-bond donors (Lipinski definition) is 0. The molecule has 3 aromatic rings. The molecule has 1 aliphatic rings. The lowest BCUT2D eigenvalue weighted by atomic mass is 10.2. The molecule has 0 saturated carbocycles. The van der Waals surface area contributed by atoms with Gasteiger partial charge in [0.15, 0.2) is 0 Å². The Morgan fingerprint density at radius 2 is 1.79 bits per heavy atom. The summed E-state index contributed by atoms with van der Waals surface area (Å²) in [6.07, 6.45) is 0. The van der Waals surface area contributed by atoms with Gasteiger partial charge in [0.05, 0.1) is 15.9 Å². The number of fused-ring (bicyclic) bond motifs is 1. The first-order valence-electron chi connectivity index (χ1n) is 7.96. The molecule has 0 amide bonds. The zero-order valence-corrected chi connectivity index (χ0v) is 14.7. The third-order valence-corrected chi connectivity index (χ3v) is 5.51. The average molecular weight is 359 g/mol. The van der Waals surface area contributed by atoms with Crippen molar-refractivity contribution in [3.63, 3.8) is 0 Å². The van der Waals surface area contributed by atoms with Crippen LogP contribution in [0.5, 0.6) is 5.75 Å². The summed E-state index contributed by atoms with van der Waals surface area (Å²) >= 11 is 7.45. The van der Waals surface area contributed by atoms with Gasteiger partial charge in [0.2, 0.25) is 5.75 Å². The van der Waals surface area contributed by atoms with E-state index in [9.17, 15) is 5.11 Å². The van der Waals surface area contributed by atoms with Crippen molar-refractivity contribution in [2.75, 3.05) is 31.1 Å². The summed E-state index contributed by atoms with van der Waals surface area (Å²) in [6, 6.07) is 11.9. The Morgan fingerprint density at radius 3 is 2.54 bits per heavy atom. The Balaban J connectivity index is 1.43. The van der Waals surface area contributed by atoms with E-state index >= 15 is 0 Å². The standard InChI is InChI=1S/C18H17ClN3OS/c19-14-3-1-13(2-4-14)11-21-7-9-22(10-8-21)15-5-6-16-17(18(15)23)20-12-24-16/h1-6,12H,7-11H2. The topological polar surface area (TPSA) is 39.3 Å². The quantitative estimate of drug-likeness (QED) is 0.696. The lowest BCUT2D eigenvalue weighted by Gasteiger charge is -2.36. The molecule has 1 saturated heterocycles. The fourth-order valence-electron chi connectivity index (χ4n) is 3.14. The molecular weight excluding hydrogens is 342 g/mol. The number of rotatable bonds is 3. The zero-order chi connectivity index (χ0) is 16.5. The van der Waals surface area contributed by atoms with Crippen LogP contribution in [0, 0.1) is 0 Å². The average Bonchev–Trinajstić information content (AvgIpc) is 3.08. The Morgan fingerprint density at radius 1 is 1.04 bits per heavy atom. The van der Waals surface area contributed by atoms with Gasteiger partial charge in [0.1, 0.15) is 5.52 Å². The second-order valence-electron chi connectivity index (χ2n) is 6.00. The first-order chi connectivity index (χ1) is 11.7. The van der Waals surface area contributed by atoms with Crippen molar-refractivity contribution in [1.82, 2.24) is 9.88 Å². The lowest BCUT2D eigenvalue weighted by Crippen LogP contribution is -2.45. The summed E-state index contributed by atoms with van der Waals surface area (Å²) in [6.45, 7) is 4.52. The summed E-state index contributed by atoms with van der Waals surface area (Å²) < 4.78 is 0.963. The van der Waals surface area contributed by atoms with Crippen LogP contribution < -0.4 is 4.90 Å². The molecule has 0 unspecified atom stereocenters. The largest absolute Gasteiger partial charge is 0.366 e. The van der Waals surface area contributed by atoms with Crippen LogP contribution in [0.2, 0.25) is 5.02 Å². The third-order valence-electron chi connectivity index (χ3n) is 4.47. The van der Waals surface area contributed by atoms with Gasteiger partial charge in [-0.1, -0.05) is 23.7 Å². The van der Waals surface area contributed by atoms with Crippen LogP contribution in [0.4, 0.5) is 5.69 Å². The van der Waals surface area contributed by atoms with Crippen molar-refractivity contribution in [2.45, 2.75) is 6.54 Å². The minimum atomic E-state index is 0.0555. The third kappa shape index (κ3) is 3.07. The molecule has 1 aliphatic heterocycles. The van der Waals surface area contributed by atoms with Gasteiger partial charge in [-0.15, -0.1) is 11.3 Å². The van der Waals surface area contributed by atoms with Crippen molar-refractivity contribution in [1.29, 1.82) is 0 Å². The van der Waals surface area contributed by atoms with Gasteiger partial charge in [0.25, 0.3) is 0 Å². The molecule has 0 bridgehead atoms. The van der Waals surface area contributed by atoms with Crippen LogP contribution >= 0.6 is 22.9 Å². The molecule has 2 aromatic carbocycles. The minimum Gasteiger partial charge on any atom is -0.366 e. The predicted octanol–water partition coefficient (Wildman–Crippen LogP) is 4.42. The first kappa shape index (κ1) is 15.7. The van der Waals surface area contributed by atoms with Crippen LogP contribution in [-0.2, 0) is 11.7 Å². The van der Waals surface area contributed by atoms with Crippen molar-refractivity contribution in [2.24, 2.45) is 0 Å². The normalized spacial score (nSPS) is 16.0. The molecule has 1 radical (unpaired) electrons. The number of benzene rings is 2. The van der Waals surface area contributed by atoms with Gasteiger partial charge in [-0.25, -0.2) is 4.98 Å². The lowest BCUT2D eigenvalue weighted by molar-refractivity contribution is 0.248. The second kappa shape index (κ2) is 6.59. The molecule has 2 heterocycles. The van der Waals surface area contributed by atoms with Crippen LogP contribution in [0.15, 0.2) is 41.9 Å². The van der Waals surface area contributed by atoms with E-state index in [0.717, 1.165) is 48.1 Å². The van der Waals surface area contributed by atoms with E-state index in [0.29, 0.717) is 5.52 Å². The zero-order valence-electron chi connectivity index (χ0n) is 13.1. The number of aromatic nitrogens is 1. The van der Waals surface area contributed by atoms with Crippen LogP contribution in [0.25, 0.3) is 10.2 Å². The maximum absolute atomic E-state index is 12.6. The van der Waals surface area contributed by atoms with Gasteiger partial charge in [0, 0.05) is 37.7 Å². The maximum atomic E-state index is 12.6. The molecular formula is C18H17ClN3OS. The predicted molar refractivity (Wildman–Crippen MR) is 98.7 cm³/mol. The Labute approximate surface area is 149 Å². The number of hydrogen-bond acceptors (Lipinski definition) is 4. The van der Waals surface area contributed by atoms with Gasteiger partial charge in [-0.05, 0) is 29.8 Å². The molecule has 0 N–H and O–H groups in total. The van der Waals surface area contributed by atoms with Gasteiger partial charge in [-0.2, -0.15) is 0 Å². The van der Waals surface area contributed by atoms with E-state index in [1.807, 2.05) is 24.3 Å². The molecule has 0 spiro atoms. The number of piperazine rings is 1. The van der Waals surface area contributed by atoms with Gasteiger partial charge in [-0.3, -0.25) is 10.0 Å². The number of nitrogens with zero attached hydrogens (tertiary/aromatic N) is 3. The molecule has 0 aliphatic carbocycles. The molecule has 4 nitrogen and oxygen atoms in total. The molecule has 0 atom stereocenters. The smallest absolute Gasteiger partial charge is 0.228 e. The van der Waals surface area contributed by atoms with Crippen molar-refractivity contribution in [3.05, 3.63) is 52.5 Å². The van der Waals surface area contributed by atoms with Crippen LogP contribution in [-0.4, -0.2) is 36.1 Å². The highest BCUT2D eigenvalue weighted by Gasteiger charge is 2.21. The van der Waals surface area contributed by atoms with E-state index in [2.05, 4.69) is 26.9 Å². The van der Waals surface area contributed by atoms with Gasteiger partial charge >= 0.3 is 0 Å². The highest BCUT2D eigenvalue weighted by atomic mass is 35.5. The van der Waals surface area contributed by atoms with Gasteiger partial charge < -0.3 is 4.90 Å². The van der Waals surface area contributed by atoms with Crippen molar-refractivity contribution in [3.8, 4) is 5.75 Å². The fourth-order valence-corrected chi connectivity index (χ4v) is 3.94. The Hall–Kier alpha value is -1.82. The Bertz CT molecular complexity index is 841. The summed E-state index contributed by atoms with van der Waals surface area (Å²) in [7, 11) is 0. The monoisotopic (exact) mass is 358 g/mol. The second-order valence-corrected chi connectivity index (χ2v) is 7.33. The summed E-state index contributed by atoms with van der Waals surface area (Å²) in [5.74, 6) is 0.0555. The minimum absolute atomic E-state index is 0.0555. The van der Waals surface area contributed by atoms with E-state index in [1.54, 1.807) is 5.51 Å². The maximum Gasteiger partial charge on any atom is 0.228 e. The highest BCUT2D eigenvalue weighted by Crippen LogP contribution is 2.36. The highest BCUT2D eigenvalue weighted by molar-refractivity contribution is 7.16. The molecule has 24 heavy (non-hydrogen) atoms. The molecule has 4 rings (SSSR count). The summed E-state index contributed by atoms with van der Waals surface area (Å²) in [4.78, 5) is 8.80. The molecule has 1 aromatic heterocycles. The van der Waals surface area contributed by atoms with E-state index in [1.165, 1.54) is 16.9 Å². The summed E-state index contributed by atoms with van der Waals surface area (Å²) in [5.41, 5.74) is 4.38. The Kier molecular flexibility index (Phi) is 4.31. The van der Waals surface area contributed by atoms with Crippen LogP contribution in [0.1, 0.15) is 5.56 Å². The number of halogens is 1. The number of anilines is 1. The fraction of sp³-hybridized carbons (Fsp3) is 0.278. The van der Waals surface area contributed by atoms with E-state index in [4.69, 9.17) is 11.6 Å². The van der Waals surface area contributed by atoms with E-state index < -0.39 is 0 Å². The SMILES string of the molecule is [O]c1c(N2CCN(Cc3ccc(Cl)cc3)CC2)ccc2scnc12. The first-order valence-corrected chi connectivity index (χ1v) is 9.21. The molecule has 1 fully saturated rings. The van der Waals surface area contributed by atoms with E-state index in [-0.39, 0.29) is 5.75 Å².